The number of tetrazole rings is 1. The molecule has 0 saturated heterocycles. The van der Waals surface area contributed by atoms with Crippen LogP contribution in [-0.4, -0.2) is 79.8 Å². The third kappa shape index (κ3) is 4.13. The van der Waals surface area contributed by atoms with E-state index in [-0.39, 0.29) is 6.04 Å². The number of aromatic nitrogens is 9. The van der Waals surface area contributed by atoms with Crippen molar-refractivity contribution in [2.24, 2.45) is 0 Å². The number of hydrogen-bond acceptors (Lipinski definition) is 11. The number of hydrogen-bond donors (Lipinski definition) is 4. The van der Waals surface area contributed by atoms with Crippen LogP contribution in [0.1, 0.15) is 55.5 Å². The van der Waals surface area contributed by atoms with Crippen molar-refractivity contribution in [3.63, 3.8) is 0 Å². The summed E-state index contributed by atoms with van der Waals surface area (Å²) in [6.45, 7) is 2.11. The number of aromatic amines is 1. The Morgan fingerprint density at radius 1 is 1.09 bits per heavy atom. The number of aliphatic hydroxyl groups is 2. The van der Waals surface area contributed by atoms with E-state index in [0.29, 0.717) is 40.3 Å². The van der Waals surface area contributed by atoms with Crippen molar-refractivity contribution in [3.05, 3.63) is 41.7 Å². The average Bonchev–Trinajstić information content (AvgIpc) is 3.19. The Morgan fingerprint density at radius 3 is 2.71 bits per heavy atom. The molecule has 6 atom stereocenters. The van der Waals surface area contributed by atoms with E-state index in [2.05, 4.69) is 67.4 Å². The van der Waals surface area contributed by atoms with E-state index in [9.17, 15) is 10.2 Å². The van der Waals surface area contributed by atoms with Crippen molar-refractivity contribution in [2.75, 3.05) is 11.1 Å². The van der Waals surface area contributed by atoms with Crippen LogP contribution in [-0.2, 0) is 0 Å². The van der Waals surface area contributed by atoms with E-state index >= 15 is 0 Å². The maximum Gasteiger partial charge on any atom is 0.191 e. The average molecular weight is 495 g/mol. The number of fused-ring (bicyclic) bond motifs is 1. The minimum atomic E-state index is -1.08. The fourth-order valence-electron chi connectivity index (χ4n) is 4.82. The number of thioether (sulfide) groups is 1. The van der Waals surface area contributed by atoms with Crippen molar-refractivity contribution in [1.29, 1.82) is 0 Å². The molecule has 1 aromatic carbocycles. The molecule has 0 radical (unpaired) electrons. The molecule has 2 fully saturated rings. The van der Waals surface area contributed by atoms with Gasteiger partial charge in [-0.1, -0.05) is 59.4 Å². The van der Waals surface area contributed by atoms with E-state index in [1.54, 1.807) is 16.4 Å². The number of nitrogens with one attached hydrogen (secondary N) is 2. The van der Waals surface area contributed by atoms with Crippen molar-refractivity contribution >= 4 is 28.7 Å². The van der Waals surface area contributed by atoms with Crippen LogP contribution in [0.25, 0.3) is 11.2 Å². The second kappa shape index (κ2) is 9.13. The maximum absolute atomic E-state index is 10.9. The predicted octanol–water partition coefficient (Wildman–Crippen LogP) is 1.65. The molecule has 4 N–H and O–H groups in total. The van der Waals surface area contributed by atoms with E-state index in [1.807, 2.05) is 6.07 Å². The first-order valence-corrected chi connectivity index (χ1v) is 12.8. The summed E-state index contributed by atoms with van der Waals surface area (Å²) >= 11 is 1.57. The molecule has 0 aliphatic heterocycles. The van der Waals surface area contributed by atoms with Gasteiger partial charge in [0, 0.05) is 17.7 Å². The van der Waals surface area contributed by atoms with E-state index in [1.165, 1.54) is 5.56 Å². The highest BCUT2D eigenvalue weighted by molar-refractivity contribution is 7.99. The number of rotatable bonds is 8. The van der Waals surface area contributed by atoms with Crippen LogP contribution in [0.5, 0.6) is 0 Å². The van der Waals surface area contributed by atoms with Crippen molar-refractivity contribution in [1.82, 2.24) is 45.6 Å². The molecule has 2 aliphatic carbocycles. The Morgan fingerprint density at radius 2 is 1.94 bits per heavy atom. The minimum absolute atomic E-state index is 0.256. The van der Waals surface area contributed by atoms with Gasteiger partial charge in [-0.15, -0.1) is 15.3 Å². The Bertz CT molecular complexity index is 1300. The van der Waals surface area contributed by atoms with Crippen molar-refractivity contribution in [3.8, 4) is 0 Å². The maximum atomic E-state index is 10.9. The molecule has 0 spiro atoms. The summed E-state index contributed by atoms with van der Waals surface area (Å²) in [5.74, 6) is 1.84. The third-order valence-corrected chi connectivity index (χ3v) is 7.79. The molecular formula is C22H26N10O2S. The molecule has 35 heavy (non-hydrogen) atoms. The summed E-state index contributed by atoms with van der Waals surface area (Å²) in [5.41, 5.74) is 2.38. The van der Waals surface area contributed by atoms with Gasteiger partial charge in [-0.3, -0.25) is 0 Å². The zero-order valence-corrected chi connectivity index (χ0v) is 19.9. The van der Waals surface area contributed by atoms with Crippen molar-refractivity contribution < 1.29 is 10.2 Å². The first-order valence-electron chi connectivity index (χ1n) is 11.8. The molecule has 12 nitrogen and oxygen atoms in total. The number of benzene rings is 1. The quantitative estimate of drug-likeness (QED) is 0.208. The predicted molar refractivity (Wildman–Crippen MR) is 128 cm³/mol. The van der Waals surface area contributed by atoms with Crippen molar-refractivity contribution in [2.45, 2.75) is 67.5 Å². The SMILES string of the molecule is CCCSc1nc(NC2CC2c2ccccc2)c2nnn([C@@H]3C[C@H](c4nn[nH]n4)[C@@H](O)[C@H]3O)c2n1. The zero-order chi connectivity index (χ0) is 23.9. The Balaban J connectivity index is 1.32. The lowest BCUT2D eigenvalue weighted by Gasteiger charge is -2.17. The summed E-state index contributed by atoms with van der Waals surface area (Å²) in [4.78, 5) is 9.49. The van der Waals surface area contributed by atoms with Crippen LogP contribution in [0, 0.1) is 0 Å². The number of anilines is 1. The van der Waals surface area contributed by atoms with E-state index in [0.717, 1.165) is 18.6 Å². The summed E-state index contributed by atoms with van der Waals surface area (Å²) in [7, 11) is 0. The molecule has 3 heterocycles. The van der Waals surface area contributed by atoms with Gasteiger partial charge in [-0.05, 0) is 24.8 Å². The molecule has 2 aliphatic rings. The molecule has 2 saturated carbocycles. The Hall–Kier alpha value is -3.16. The summed E-state index contributed by atoms with van der Waals surface area (Å²) in [6.07, 6.45) is 0.255. The van der Waals surface area contributed by atoms with Crippen LogP contribution < -0.4 is 5.32 Å². The van der Waals surface area contributed by atoms with E-state index in [4.69, 9.17) is 9.97 Å². The molecule has 182 valence electrons. The van der Waals surface area contributed by atoms with Crippen LogP contribution in [0.15, 0.2) is 35.5 Å². The Labute approximate surface area is 204 Å². The molecular weight excluding hydrogens is 468 g/mol. The van der Waals surface area contributed by atoms with Gasteiger partial charge in [-0.2, -0.15) is 5.21 Å². The van der Waals surface area contributed by atoms with Crippen LogP contribution in [0.3, 0.4) is 0 Å². The third-order valence-electron chi connectivity index (χ3n) is 6.74. The highest BCUT2D eigenvalue weighted by Gasteiger charge is 2.46. The second-order valence-electron chi connectivity index (χ2n) is 9.07. The lowest BCUT2D eigenvalue weighted by atomic mass is 10.1. The van der Waals surface area contributed by atoms with Crippen LogP contribution in [0.2, 0.25) is 0 Å². The smallest absolute Gasteiger partial charge is 0.191 e. The molecule has 4 aromatic rings. The lowest BCUT2D eigenvalue weighted by molar-refractivity contribution is 0.0146. The highest BCUT2D eigenvalue weighted by atomic mass is 32.2. The van der Waals surface area contributed by atoms with E-state index < -0.39 is 24.2 Å². The van der Waals surface area contributed by atoms with Gasteiger partial charge in [0.25, 0.3) is 0 Å². The minimum Gasteiger partial charge on any atom is -0.390 e. The molecule has 3 aromatic heterocycles. The normalized spacial score (nSPS) is 28.0. The van der Waals surface area contributed by atoms with Gasteiger partial charge in [0.15, 0.2) is 28.0 Å². The fourth-order valence-corrected chi connectivity index (χ4v) is 5.52. The molecule has 6 rings (SSSR count). The number of H-pyrrole nitrogens is 1. The first-order chi connectivity index (χ1) is 17.1. The van der Waals surface area contributed by atoms with Gasteiger partial charge >= 0.3 is 0 Å². The lowest BCUT2D eigenvalue weighted by Crippen LogP contribution is -2.29. The summed E-state index contributed by atoms with van der Waals surface area (Å²) in [5, 5.41) is 48.4. The van der Waals surface area contributed by atoms with Gasteiger partial charge in [0.05, 0.1) is 18.1 Å². The largest absolute Gasteiger partial charge is 0.390 e. The number of aliphatic hydroxyl groups excluding tert-OH is 2. The zero-order valence-electron chi connectivity index (χ0n) is 19.1. The fraction of sp³-hybridized carbons (Fsp3) is 0.500. The van der Waals surface area contributed by atoms with Gasteiger partial charge in [-0.25, -0.2) is 14.6 Å². The standard InChI is InChI=1S/C22H26N10O2S/c1-2-8-35-22-24-20(23-14-9-12(14)11-6-4-3-5-7-11)16-21(25-22)32(31-26-16)15-10-13(17(33)18(15)34)19-27-29-30-28-19/h3-7,12-15,17-18,33-34H,2,8-10H2,1H3,(H,23,24,25)(H,27,28,29,30)/t12?,13-,14?,15+,17+,18-/m0/s1. The monoisotopic (exact) mass is 494 g/mol. The topological polar surface area (TPSA) is 163 Å². The van der Waals surface area contributed by atoms with Gasteiger partial charge in [0.2, 0.25) is 0 Å². The molecule has 0 amide bonds. The highest BCUT2D eigenvalue weighted by Crippen LogP contribution is 2.44. The van der Waals surface area contributed by atoms with Crippen LogP contribution in [0.4, 0.5) is 5.82 Å². The van der Waals surface area contributed by atoms with Gasteiger partial charge in [0.1, 0.15) is 6.10 Å². The van der Waals surface area contributed by atoms with Gasteiger partial charge < -0.3 is 15.5 Å². The summed E-state index contributed by atoms with van der Waals surface area (Å²) < 4.78 is 1.60. The number of nitrogens with zero attached hydrogens (tertiary/aromatic N) is 8. The molecule has 0 bridgehead atoms. The molecule has 13 heteroatoms. The van der Waals surface area contributed by atoms with Crippen LogP contribution >= 0.6 is 11.8 Å². The summed E-state index contributed by atoms with van der Waals surface area (Å²) in [6, 6.07) is 10.1. The molecule has 2 unspecified atom stereocenters. The first kappa shape index (κ1) is 22.3. The second-order valence-corrected chi connectivity index (χ2v) is 10.1. The Kier molecular flexibility index (Phi) is 5.82.